The molecule has 1 heterocycles. The fourth-order valence-corrected chi connectivity index (χ4v) is 2.13. The van der Waals surface area contributed by atoms with Crippen LogP contribution in [-0.4, -0.2) is 36.1 Å². The molecule has 100 valence electrons. The molecule has 1 aromatic heterocycles. The summed E-state index contributed by atoms with van der Waals surface area (Å²) in [5.41, 5.74) is 2.29. The molecule has 1 aliphatic rings. The third-order valence-corrected chi connectivity index (χ3v) is 3.51. The molecule has 1 aliphatic carbocycles. The van der Waals surface area contributed by atoms with Gasteiger partial charge in [0.25, 0.3) is 0 Å². The molecule has 1 N–H and O–H groups in total. The first-order valence-electron chi connectivity index (χ1n) is 7.13. The Hall–Kier alpha value is -0.930. The number of hydrogen-bond donors (Lipinski definition) is 1. The monoisotopic (exact) mass is 247 g/mol. The Morgan fingerprint density at radius 2 is 2.22 bits per heavy atom. The molecule has 2 rings (SSSR count). The third kappa shape index (κ3) is 4.75. The standard InChI is InChI=1S/C15H25N3/c1-3-18(10-9-16-11-14-7-8-14)12-15-6-4-5-13(2)17-15/h4-6,14,16H,3,7-12H2,1-2H3. The van der Waals surface area contributed by atoms with Gasteiger partial charge < -0.3 is 5.32 Å². The zero-order valence-electron chi connectivity index (χ0n) is 11.7. The van der Waals surface area contributed by atoms with E-state index in [1.54, 1.807) is 0 Å². The maximum atomic E-state index is 4.57. The average molecular weight is 247 g/mol. The van der Waals surface area contributed by atoms with Gasteiger partial charge in [0.2, 0.25) is 0 Å². The van der Waals surface area contributed by atoms with Crippen molar-refractivity contribution in [1.82, 2.24) is 15.2 Å². The van der Waals surface area contributed by atoms with Crippen LogP contribution in [0.2, 0.25) is 0 Å². The van der Waals surface area contributed by atoms with E-state index in [9.17, 15) is 0 Å². The van der Waals surface area contributed by atoms with Crippen LogP contribution >= 0.6 is 0 Å². The molecule has 0 spiro atoms. The number of likely N-dealkylation sites (N-methyl/N-ethyl adjacent to an activating group) is 1. The fourth-order valence-electron chi connectivity index (χ4n) is 2.13. The van der Waals surface area contributed by atoms with E-state index in [1.165, 1.54) is 25.1 Å². The smallest absolute Gasteiger partial charge is 0.0547 e. The summed E-state index contributed by atoms with van der Waals surface area (Å²) in [6, 6.07) is 6.26. The topological polar surface area (TPSA) is 28.2 Å². The highest BCUT2D eigenvalue weighted by Crippen LogP contribution is 2.27. The Kier molecular flexibility index (Phi) is 5.14. The molecule has 1 aromatic rings. The molecule has 0 unspecified atom stereocenters. The lowest BCUT2D eigenvalue weighted by Crippen LogP contribution is -2.32. The fraction of sp³-hybridized carbons (Fsp3) is 0.667. The lowest BCUT2D eigenvalue weighted by molar-refractivity contribution is 0.275. The Morgan fingerprint density at radius 1 is 1.39 bits per heavy atom. The van der Waals surface area contributed by atoms with Crippen LogP contribution in [0.5, 0.6) is 0 Å². The quantitative estimate of drug-likeness (QED) is 0.714. The summed E-state index contributed by atoms with van der Waals surface area (Å²) in [5.74, 6) is 0.971. The van der Waals surface area contributed by atoms with Crippen molar-refractivity contribution < 1.29 is 0 Å². The van der Waals surface area contributed by atoms with E-state index in [4.69, 9.17) is 0 Å². The van der Waals surface area contributed by atoms with E-state index in [0.717, 1.165) is 37.8 Å². The number of nitrogens with one attached hydrogen (secondary N) is 1. The molecule has 0 atom stereocenters. The van der Waals surface area contributed by atoms with Gasteiger partial charge in [-0.25, -0.2) is 0 Å². The highest BCUT2D eigenvalue weighted by atomic mass is 15.1. The van der Waals surface area contributed by atoms with Gasteiger partial charge in [-0.3, -0.25) is 9.88 Å². The van der Waals surface area contributed by atoms with Crippen molar-refractivity contribution >= 4 is 0 Å². The van der Waals surface area contributed by atoms with Gasteiger partial charge in [-0.15, -0.1) is 0 Å². The molecule has 18 heavy (non-hydrogen) atoms. The second-order valence-corrected chi connectivity index (χ2v) is 5.29. The summed E-state index contributed by atoms with van der Waals surface area (Å²) in [5, 5.41) is 3.55. The van der Waals surface area contributed by atoms with Crippen LogP contribution in [-0.2, 0) is 6.54 Å². The second kappa shape index (κ2) is 6.86. The number of pyridine rings is 1. The van der Waals surface area contributed by atoms with Gasteiger partial charge in [0.05, 0.1) is 5.69 Å². The minimum atomic E-state index is 0.962. The highest BCUT2D eigenvalue weighted by molar-refractivity contribution is 5.09. The molecule has 0 radical (unpaired) electrons. The van der Waals surface area contributed by atoms with Gasteiger partial charge in [-0.1, -0.05) is 13.0 Å². The van der Waals surface area contributed by atoms with Gasteiger partial charge in [0.1, 0.15) is 0 Å². The molecule has 0 aromatic carbocycles. The summed E-state index contributed by atoms with van der Waals surface area (Å²) in [4.78, 5) is 7.01. The van der Waals surface area contributed by atoms with E-state index in [2.05, 4.69) is 47.2 Å². The normalized spacial score (nSPS) is 15.3. The Balaban J connectivity index is 1.70. The molecule has 0 amide bonds. The zero-order valence-corrected chi connectivity index (χ0v) is 11.7. The predicted octanol–water partition coefficient (Wildman–Crippen LogP) is 2.21. The van der Waals surface area contributed by atoms with Gasteiger partial charge in [-0.05, 0) is 50.9 Å². The van der Waals surface area contributed by atoms with Crippen LogP contribution in [0.4, 0.5) is 0 Å². The summed E-state index contributed by atoms with van der Waals surface area (Å²) in [6.07, 6.45) is 2.86. The Labute approximate surface area is 111 Å². The molecule has 3 heteroatoms. The van der Waals surface area contributed by atoms with E-state index < -0.39 is 0 Å². The summed E-state index contributed by atoms with van der Waals surface area (Å²) >= 11 is 0. The van der Waals surface area contributed by atoms with Crippen molar-refractivity contribution in [2.75, 3.05) is 26.2 Å². The molecule has 0 bridgehead atoms. The number of aryl methyl sites for hydroxylation is 1. The van der Waals surface area contributed by atoms with E-state index >= 15 is 0 Å². The predicted molar refractivity (Wildman–Crippen MR) is 75.5 cm³/mol. The first-order chi connectivity index (χ1) is 8.78. The molecule has 3 nitrogen and oxygen atoms in total. The van der Waals surface area contributed by atoms with Crippen LogP contribution in [0.1, 0.15) is 31.2 Å². The minimum absolute atomic E-state index is 0.962. The largest absolute Gasteiger partial charge is 0.315 e. The first kappa shape index (κ1) is 13.5. The Bertz CT molecular complexity index is 361. The van der Waals surface area contributed by atoms with Crippen molar-refractivity contribution in [2.45, 2.75) is 33.2 Å². The van der Waals surface area contributed by atoms with Crippen molar-refractivity contribution in [3.05, 3.63) is 29.6 Å². The molecular formula is C15H25N3. The summed E-state index contributed by atoms with van der Waals surface area (Å²) in [7, 11) is 0. The molecule has 0 saturated heterocycles. The van der Waals surface area contributed by atoms with Crippen LogP contribution in [0, 0.1) is 12.8 Å². The van der Waals surface area contributed by atoms with Crippen LogP contribution in [0.25, 0.3) is 0 Å². The van der Waals surface area contributed by atoms with Crippen molar-refractivity contribution in [3.8, 4) is 0 Å². The third-order valence-electron chi connectivity index (χ3n) is 3.51. The van der Waals surface area contributed by atoms with Crippen LogP contribution in [0.3, 0.4) is 0 Å². The lowest BCUT2D eigenvalue weighted by Gasteiger charge is -2.20. The minimum Gasteiger partial charge on any atom is -0.315 e. The number of rotatable bonds is 8. The van der Waals surface area contributed by atoms with Crippen molar-refractivity contribution in [1.29, 1.82) is 0 Å². The van der Waals surface area contributed by atoms with E-state index in [0.29, 0.717) is 0 Å². The zero-order chi connectivity index (χ0) is 12.8. The van der Waals surface area contributed by atoms with E-state index in [1.807, 2.05) is 0 Å². The lowest BCUT2D eigenvalue weighted by atomic mass is 10.3. The van der Waals surface area contributed by atoms with Gasteiger partial charge in [0.15, 0.2) is 0 Å². The molecule has 1 fully saturated rings. The van der Waals surface area contributed by atoms with Crippen molar-refractivity contribution in [2.24, 2.45) is 5.92 Å². The molecular weight excluding hydrogens is 222 g/mol. The summed E-state index contributed by atoms with van der Waals surface area (Å²) in [6.45, 7) is 9.73. The average Bonchev–Trinajstić information content (AvgIpc) is 3.17. The molecule has 0 aliphatic heterocycles. The number of nitrogens with zero attached hydrogens (tertiary/aromatic N) is 2. The maximum Gasteiger partial charge on any atom is 0.0547 e. The summed E-state index contributed by atoms with van der Waals surface area (Å²) < 4.78 is 0. The van der Waals surface area contributed by atoms with E-state index in [-0.39, 0.29) is 0 Å². The number of aromatic nitrogens is 1. The SMILES string of the molecule is CCN(CCNCC1CC1)Cc1cccc(C)n1. The van der Waals surface area contributed by atoms with Crippen molar-refractivity contribution in [3.63, 3.8) is 0 Å². The van der Waals surface area contributed by atoms with Crippen LogP contribution < -0.4 is 5.32 Å². The van der Waals surface area contributed by atoms with Gasteiger partial charge in [0, 0.05) is 25.3 Å². The van der Waals surface area contributed by atoms with Crippen LogP contribution in [0.15, 0.2) is 18.2 Å². The number of hydrogen-bond acceptors (Lipinski definition) is 3. The molecule has 1 saturated carbocycles. The Morgan fingerprint density at radius 3 is 2.89 bits per heavy atom. The maximum absolute atomic E-state index is 4.57. The second-order valence-electron chi connectivity index (χ2n) is 5.29. The first-order valence-corrected chi connectivity index (χ1v) is 7.13. The van der Waals surface area contributed by atoms with Gasteiger partial charge >= 0.3 is 0 Å². The highest BCUT2D eigenvalue weighted by Gasteiger charge is 2.20. The van der Waals surface area contributed by atoms with Gasteiger partial charge in [-0.2, -0.15) is 0 Å².